The lowest BCUT2D eigenvalue weighted by Crippen LogP contribution is -2.46. The van der Waals surface area contributed by atoms with Crippen molar-refractivity contribution >= 4 is 18.0 Å². The Hall–Kier alpha value is -3.81. The maximum absolute atomic E-state index is 12.5. The number of rotatable bonds is 7. The topological polar surface area (TPSA) is 94.2 Å². The molecule has 0 radical (unpaired) electrons. The zero-order valence-electron chi connectivity index (χ0n) is 18.5. The lowest BCUT2D eigenvalue weighted by Gasteiger charge is -2.33. The highest BCUT2D eigenvalue weighted by atomic mass is 16.5. The largest absolute Gasteiger partial charge is 0.489 e. The maximum Gasteiger partial charge on any atom is 0.338 e. The first-order chi connectivity index (χ1) is 15.3. The van der Waals surface area contributed by atoms with Crippen LogP contribution in [0, 0.1) is 0 Å². The molecule has 8 nitrogen and oxygen atoms in total. The van der Waals surface area contributed by atoms with Crippen LogP contribution in [0.25, 0.3) is 0 Å². The van der Waals surface area contributed by atoms with Gasteiger partial charge in [-0.1, -0.05) is 24.3 Å². The number of allylic oxidation sites excluding steroid dienone is 1. The fourth-order valence-electron chi connectivity index (χ4n) is 3.34. The second kappa shape index (κ2) is 10.00. The lowest BCUT2D eigenvalue weighted by molar-refractivity contribution is -0.139. The van der Waals surface area contributed by atoms with Gasteiger partial charge in [0, 0.05) is 12.7 Å². The van der Waals surface area contributed by atoms with Crippen LogP contribution in [0.2, 0.25) is 0 Å². The van der Waals surface area contributed by atoms with E-state index >= 15 is 0 Å². The van der Waals surface area contributed by atoms with Gasteiger partial charge in [-0.2, -0.15) is 0 Å². The molecule has 0 fully saturated rings. The van der Waals surface area contributed by atoms with Gasteiger partial charge in [0.25, 0.3) is 0 Å². The number of amides is 2. The Balaban J connectivity index is 1.73. The van der Waals surface area contributed by atoms with Crippen molar-refractivity contribution in [2.24, 2.45) is 0 Å². The molecule has 0 saturated carbocycles. The Morgan fingerprint density at radius 2 is 1.69 bits per heavy atom. The van der Waals surface area contributed by atoms with Gasteiger partial charge >= 0.3 is 18.0 Å². The molecule has 1 heterocycles. The van der Waals surface area contributed by atoms with Crippen LogP contribution in [0.3, 0.4) is 0 Å². The van der Waals surface area contributed by atoms with Gasteiger partial charge in [-0.25, -0.2) is 14.4 Å². The summed E-state index contributed by atoms with van der Waals surface area (Å²) >= 11 is 0. The van der Waals surface area contributed by atoms with Gasteiger partial charge in [-0.15, -0.1) is 0 Å². The lowest BCUT2D eigenvalue weighted by atomic mass is 9.95. The Morgan fingerprint density at radius 3 is 2.28 bits per heavy atom. The zero-order chi connectivity index (χ0) is 23.3. The van der Waals surface area contributed by atoms with Crippen molar-refractivity contribution in [2.45, 2.75) is 26.5 Å². The average Bonchev–Trinajstić information content (AvgIpc) is 2.81. The van der Waals surface area contributed by atoms with E-state index in [1.165, 1.54) is 12.0 Å². The van der Waals surface area contributed by atoms with E-state index in [4.69, 9.17) is 14.2 Å². The van der Waals surface area contributed by atoms with E-state index in [0.717, 1.165) is 11.1 Å². The molecule has 0 saturated heterocycles. The van der Waals surface area contributed by atoms with Gasteiger partial charge in [-0.05, 0) is 49.2 Å². The number of ether oxygens (including phenoxy) is 3. The second-order valence-electron chi connectivity index (χ2n) is 7.21. The quantitative estimate of drug-likeness (QED) is 0.664. The second-order valence-corrected chi connectivity index (χ2v) is 7.21. The van der Waals surface area contributed by atoms with Crippen molar-refractivity contribution in [1.82, 2.24) is 10.2 Å². The predicted octanol–water partition coefficient (Wildman–Crippen LogP) is 3.59. The monoisotopic (exact) mass is 438 g/mol. The highest BCUT2D eigenvalue weighted by Crippen LogP contribution is 2.31. The van der Waals surface area contributed by atoms with Crippen molar-refractivity contribution in [3.05, 3.63) is 76.5 Å². The Morgan fingerprint density at radius 1 is 1.03 bits per heavy atom. The molecule has 2 aromatic rings. The molecule has 0 bridgehead atoms. The minimum atomic E-state index is -0.613. The third-order valence-corrected chi connectivity index (χ3v) is 5.24. The number of carbonyl (C=O) groups excluding carboxylic acids is 3. The number of methoxy groups -OCH3 is 1. The number of hydrogen-bond donors (Lipinski definition) is 1. The van der Waals surface area contributed by atoms with Crippen LogP contribution in [-0.2, 0) is 20.9 Å². The SMILES string of the molecule is CCOC(=O)C1=C(C)N(C)C(=O)N[C@@H]1c1ccc(OCc2ccc(C(=O)OC)cc2)cc1. The molecule has 168 valence electrons. The van der Waals surface area contributed by atoms with Gasteiger partial charge in [0.1, 0.15) is 12.4 Å². The molecular formula is C24H26N2O6. The van der Waals surface area contributed by atoms with Gasteiger partial charge in [0.15, 0.2) is 0 Å². The van der Waals surface area contributed by atoms with Crippen LogP contribution < -0.4 is 10.1 Å². The Labute approximate surface area is 186 Å². The summed E-state index contributed by atoms with van der Waals surface area (Å²) < 4.78 is 15.7. The molecule has 32 heavy (non-hydrogen) atoms. The van der Waals surface area contributed by atoms with E-state index in [2.05, 4.69) is 5.32 Å². The molecule has 1 atom stereocenters. The standard InChI is InChI=1S/C24H26N2O6/c1-5-31-23(28)20-15(2)26(3)24(29)25-21(20)17-10-12-19(13-11-17)32-14-16-6-8-18(9-7-16)22(27)30-4/h6-13,21H,5,14H2,1-4H3,(H,25,29)/t21-/m1/s1. The highest BCUT2D eigenvalue weighted by Gasteiger charge is 2.34. The van der Waals surface area contributed by atoms with E-state index in [-0.39, 0.29) is 18.6 Å². The van der Waals surface area contributed by atoms with Gasteiger partial charge < -0.3 is 24.4 Å². The third kappa shape index (κ3) is 4.91. The van der Waals surface area contributed by atoms with E-state index in [1.54, 1.807) is 69.4 Å². The van der Waals surface area contributed by atoms with E-state index < -0.39 is 12.0 Å². The third-order valence-electron chi connectivity index (χ3n) is 5.24. The predicted molar refractivity (Wildman–Crippen MR) is 117 cm³/mol. The molecule has 1 aliphatic heterocycles. The minimum Gasteiger partial charge on any atom is -0.489 e. The maximum atomic E-state index is 12.5. The number of urea groups is 1. The number of esters is 2. The highest BCUT2D eigenvalue weighted by molar-refractivity contribution is 5.95. The number of benzene rings is 2. The molecule has 0 aromatic heterocycles. The van der Waals surface area contributed by atoms with E-state index in [0.29, 0.717) is 29.2 Å². The molecule has 0 unspecified atom stereocenters. The molecule has 1 N–H and O–H groups in total. The Bertz CT molecular complexity index is 1030. The summed E-state index contributed by atoms with van der Waals surface area (Å²) in [5.41, 5.74) is 3.05. The first-order valence-corrected chi connectivity index (χ1v) is 10.2. The van der Waals surface area contributed by atoms with Crippen LogP contribution in [-0.4, -0.2) is 43.6 Å². The molecule has 2 aromatic carbocycles. The summed E-state index contributed by atoms with van der Waals surface area (Å²) in [5.74, 6) is -0.221. The fourth-order valence-corrected chi connectivity index (χ4v) is 3.34. The summed E-state index contributed by atoms with van der Waals surface area (Å²) in [7, 11) is 2.95. The average molecular weight is 438 g/mol. The molecule has 1 aliphatic rings. The number of hydrogen-bond acceptors (Lipinski definition) is 6. The number of carbonyl (C=O) groups is 3. The summed E-state index contributed by atoms with van der Waals surface area (Å²) in [6.07, 6.45) is 0. The van der Waals surface area contributed by atoms with Crippen LogP contribution in [0.5, 0.6) is 5.75 Å². The van der Waals surface area contributed by atoms with Crippen LogP contribution in [0.1, 0.15) is 41.4 Å². The smallest absolute Gasteiger partial charge is 0.338 e. The summed E-state index contributed by atoms with van der Waals surface area (Å²) in [5, 5.41) is 2.85. The van der Waals surface area contributed by atoms with E-state index in [1.807, 2.05) is 0 Å². The van der Waals surface area contributed by atoms with Crippen molar-refractivity contribution in [3.8, 4) is 5.75 Å². The summed E-state index contributed by atoms with van der Waals surface area (Å²) in [6, 6.07) is 13.2. The first kappa shape index (κ1) is 22.9. The van der Waals surface area contributed by atoms with E-state index in [9.17, 15) is 14.4 Å². The summed E-state index contributed by atoms with van der Waals surface area (Å²) in [4.78, 5) is 37.8. The summed E-state index contributed by atoms with van der Waals surface area (Å²) in [6.45, 7) is 4.02. The van der Waals surface area contributed by atoms with Gasteiger partial charge in [0.2, 0.25) is 0 Å². The van der Waals surface area contributed by atoms with Crippen LogP contribution >= 0.6 is 0 Å². The zero-order valence-corrected chi connectivity index (χ0v) is 18.5. The molecule has 0 spiro atoms. The van der Waals surface area contributed by atoms with Crippen molar-refractivity contribution in [2.75, 3.05) is 20.8 Å². The number of nitrogens with one attached hydrogen (secondary N) is 1. The first-order valence-electron chi connectivity index (χ1n) is 10.2. The fraction of sp³-hybridized carbons (Fsp3) is 0.292. The number of nitrogens with zero attached hydrogens (tertiary/aromatic N) is 1. The van der Waals surface area contributed by atoms with Crippen molar-refractivity contribution in [1.29, 1.82) is 0 Å². The van der Waals surface area contributed by atoms with Crippen LogP contribution in [0.4, 0.5) is 4.79 Å². The normalized spacial score (nSPS) is 15.8. The Kier molecular flexibility index (Phi) is 7.14. The molecule has 3 rings (SSSR count). The van der Waals surface area contributed by atoms with Crippen molar-refractivity contribution < 1.29 is 28.6 Å². The molecule has 0 aliphatic carbocycles. The molecule has 8 heteroatoms. The van der Waals surface area contributed by atoms with Gasteiger partial charge in [-0.3, -0.25) is 0 Å². The minimum absolute atomic E-state index is 0.243. The molecule has 2 amide bonds. The van der Waals surface area contributed by atoms with Crippen LogP contribution in [0.15, 0.2) is 59.8 Å². The van der Waals surface area contributed by atoms with Crippen molar-refractivity contribution in [3.63, 3.8) is 0 Å². The van der Waals surface area contributed by atoms with Gasteiger partial charge in [0.05, 0.1) is 30.9 Å². The molecular weight excluding hydrogens is 412 g/mol.